The van der Waals surface area contributed by atoms with Gasteiger partial charge in [-0.25, -0.2) is 4.98 Å². The number of thioether (sulfide) groups is 1. The number of nitrogens with zero attached hydrogens (tertiary/aromatic N) is 1. The van der Waals surface area contributed by atoms with Gasteiger partial charge in [-0.2, -0.15) is 11.8 Å². The molecule has 86 valence electrons. The smallest absolute Gasteiger partial charge is 0.258 e. The van der Waals surface area contributed by atoms with Crippen molar-refractivity contribution >= 4 is 23.5 Å². The van der Waals surface area contributed by atoms with E-state index in [1.807, 2.05) is 19.1 Å². The van der Waals surface area contributed by atoms with Crippen LogP contribution in [0.25, 0.3) is 0 Å². The first-order valence-corrected chi connectivity index (χ1v) is 6.31. The van der Waals surface area contributed by atoms with E-state index in [4.69, 9.17) is 0 Å². The summed E-state index contributed by atoms with van der Waals surface area (Å²) >= 11 is 1.59. The van der Waals surface area contributed by atoms with E-state index in [1.165, 1.54) is 0 Å². The van der Waals surface area contributed by atoms with Crippen LogP contribution < -0.4 is 5.32 Å². The Balaban J connectivity index is 2.07. The molecule has 2 N–H and O–H groups in total. The predicted molar refractivity (Wildman–Crippen MR) is 64.5 cm³/mol. The summed E-state index contributed by atoms with van der Waals surface area (Å²) in [6.07, 6.45) is 0.509. The van der Waals surface area contributed by atoms with Crippen LogP contribution in [-0.2, 0) is 4.79 Å². The summed E-state index contributed by atoms with van der Waals surface area (Å²) in [5, 5.41) is 12.7. The van der Waals surface area contributed by atoms with Gasteiger partial charge in [-0.3, -0.25) is 4.79 Å². The molecule has 2 heterocycles. The van der Waals surface area contributed by atoms with Crippen LogP contribution in [0.5, 0.6) is 0 Å². The first-order valence-electron chi connectivity index (χ1n) is 5.15. The molecule has 1 aromatic rings. The molecule has 0 bridgehead atoms. The van der Waals surface area contributed by atoms with Gasteiger partial charge in [0.05, 0.1) is 0 Å². The van der Waals surface area contributed by atoms with E-state index in [-0.39, 0.29) is 5.91 Å². The maximum Gasteiger partial charge on any atom is 0.258 e. The number of hydrogen-bond acceptors (Lipinski definition) is 4. The van der Waals surface area contributed by atoms with Crippen molar-refractivity contribution in [1.29, 1.82) is 0 Å². The SMILES string of the molecule is Cc1cccc(NC(=O)C2(O)CCSC2)n1. The van der Waals surface area contributed by atoms with Crippen molar-refractivity contribution < 1.29 is 9.90 Å². The van der Waals surface area contributed by atoms with Crippen LogP contribution in [0.2, 0.25) is 0 Å². The van der Waals surface area contributed by atoms with Gasteiger partial charge < -0.3 is 10.4 Å². The Labute approximate surface area is 98.5 Å². The average Bonchev–Trinajstić information content (AvgIpc) is 2.66. The highest BCUT2D eigenvalue weighted by atomic mass is 32.2. The normalized spacial score (nSPS) is 24.4. The maximum atomic E-state index is 11.8. The van der Waals surface area contributed by atoms with Crippen molar-refractivity contribution in [3.8, 4) is 0 Å². The van der Waals surface area contributed by atoms with E-state index >= 15 is 0 Å². The second-order valence-electron chi connectivity index (χ2n) is 3.95. The molecule has 1 saturated heterocycles. The molecule has 4 nitrogen and oxygen atoms in total. The van der Waals surface area contributed by atoms with Crippen LogP contribution in [0.1, 0.15) is 12.1 Å². The number of aryl methyl sites for hydroxylation is 1. The van der Waals surface area contributed by atoms with Crippen molar-refractivity contribution in [2.24, 2.45) is 0 Å². The first-order chi connectivity index (χ1) is 7.60. The number of aliphatic hydroxyl groups is 1. The van der Waals surface area contributed by atoms with Crippen LogP contribution in [0, 0.1) is 6.92 Å². The lowest BCUT2D eigenvalue weighted by molar-refractivity contribution is -0.131. The summed E-state index contributed by atoms with van der Waals surface area (Å²) in [6, 6.07) is 5.40. The topological polar surface area (TPSA) is 62.2 Å². The van der Waals surface area contributed by atoms with Gasteiger partial charge in [0.25, 0.3) is 5.91 Å². The van der Waals surface area contributed by atoms with Crippen molar-refractivity contribution in [3.05, 3.63) is 23.9 Å². The van der Waals surface area contributed by atoms with E-state index in [2.05, 4.69) is 10.3 Å². The molecule has 0 spiro atoms. The summed E-state index contributed by atoms with van der Waals surface area (Å²) in [5.74, 6) is 1.43. The van der Waals surface area contributed by atoms with Gasteiger partial charge >= 0.3 is 0 Å². The summed E-state index contributed by atoms with van der Waals surface area (Å²) in [6.45, 7) is 1.86. The maximum absolute atomic E-state index is 11.8. The molecule has 0 aliphatic carbocycles. The van der Waals surface area contributed by atoms with Gasteiger partial charge in [-0.1, -0.05) is 6.07 Å². The van der Waals surface area contributed by atoms with E-state index in [1.54, 1.807) is 17.8 Å². The van der Waals surface area contributed by atoms with Crippen molar-refractivity contribution in [2.75, 3.05) is 16.8 Å². The molecule has 1 amide bonds. The molecule has 1 fully saturated rings. The minimum absolute atomic E-state index is 0.351. The lowest BCUT2D eigenvalue weighted by atomic mass is 10.0. The third kappa shape index (κ3) is 2.36. The Morgan fingerprint density at radius 1 is 1.62 bits per heavy atom. The molecule has 1 aliphatic heterocycles. The lowest BCUT2D eigenvalue weighted by Gasteiger charge is -2.19. The number of pyridine rings is 1. The van der Waals surface area contributed by atoms with Gasteiger partial charge in [0.2, 0.25) is 0 Å². The summed E-state index contributed by atoms with van der Waals surface area (Å²) < 4.78 is 0. The molecule has 1 atom stereocenters. The molecule has 1 aliphatic rings. The molecule has 0 radical (unpaired) electrons. The molecule has 1 unspecified atom stereocenters. The largest absolute Gasteiger partial charge is 0.379 e. The fourth-order valence-electron chi connectivity index (χ4n) is 1.58. The highest BCUT2D eigenvalue weighted by molar-refractivity contribution is 7.99. The Morgan fingerprint density at radius 3 is 3.06 bits per heavy atom. The zero-order valence-corrected chi connectivity index (χ0v) is 9.88. The van der Waals surface area contributed by atoms with Gasteiger partial charge in [0, 0.05) is 11.4 Å². The average molecular weight is 238 g/mol. The summed E-state index contributed by atoms with van der Waals surface area (Å²) in [7, 11) is 0. The lowest BCUT2D eigenvalue weighted by Crippen LogP contribution is -2.43. The number of amides is 1. The number of carbonyl (C=O) groups is 1. The Kier molecular flexibility index (Phi) is 3.16. The number of carbonyl (C=O) groups excluding carboxylic acids is 1. The minimum atomic E-state index is -1.23. The van der Waals surface area contributed by atoms with E-state index in [0.717, 1.165) is 11.4 Å². The summed E-state index contributed by atoms with van der Waals surface area (Å²) in [5.41, 5.74) is -0.388. The predicted octanol–water partition coefficient (Wildman–Crippen LogP) is 1.20. The number of hydrogen-bond donors (Lipinski definition) is 2. The summed E-state index contributed by atoms with van der Waals surface area (Å²) in [4.78, 5) is 16.0. The molecule has 0 saturated carbocycles. The molecule has 1 aromatic heterocycles. The quantitative estimate of drug-likeness (QED) is 0.812. The van der Waals surface area contributed by atoms with Crippen molar-refractivity contribution in [1.82, 2.24) is 4.98 Å². The van der Waals surface area contributed by atoms with Crippen LogP contribution in [-0.4, -0.2) is 33.1 Å². The van der Waals surface area contributed by atoms with Crippen LogP contribution in [0.4, 0.5) is 5.82 Å². The third-order valence-electron chi connectivity index (χ3n) is 2.55. The highest BCUT2D eigenvalue weighted by Gasteiger charge is 2.39. The van der Waals surface area contributed by atoms with Crippen molar-refractivity contribution in [3.63, 3.8) is 0 Å². The van der Waals surface area contributed by atoms with Crippen LogP contribution >= 0.6 is 11.8 Å². The molecule has 2 rings (SSSR count). The molecular formula is C11H14N2O2S. The van der Waals surface area contributed by atoms with Gasteiger partial charge in [-0.15, -0.1) is 0 Å². The zero-order chi connectivity index (χ0) is 11.6. The molecule has 16 heavy (non-hydrogen) atoms. The van der Waals surface area contributed by atoms with Crippen LogP contribution in [0.3, 0.4) is 0 Å². The molecular weight excluding hydrogens is 224 g/mol. The number of anilines is 1. The van der Waals surface area contributed by atoms with E-state index < -0.39 is 5.60 Å². The van der Waals surface area contributed by atoms with Crippen molar-refractivity contribution in [2.45, 2.75) is 18.9 Å². The second-order valence-corrected chi connectivity index (χ2v) is 5.06. The Morgan fingerprint density at radius 2 is 2.44 bits per heavy atom. The number of nitrogens with one attached hydrogen (secondary N) is 1. The third-order valence-corrected chi connectivity index (χ3v) is 3.73. The second kappa shape index (κ2) is 4.43. The highest BCUT2D eigenvalue weighted by Crippen LogP contribution is 2.28. The van der Waals surface area contributed by atoms with E-state index in [9.17, 15) is 9.90 Å². The first kappa shape index (κ1) is 11.4. The van der Waals surface area contributed by atoms with Crippen LogP contribution in [0.15, 0.2) is 18.2 Å². The Hall–Kier alpha value is -1.07. The number of aromatic nitrogens is 1. The fraction of sp³-hybridized carbons (Fsp3) is 0.455. The zero-order valence-electron chi connectivity index (χ0n) is 9.06. The van der Waals surface area contributed by atoms with E-state index in [0.29, 0.717) is 18.0 Å². The Bertz CT molecular complexity index is 403. The molecule has 0 aromatic carbocycles. The monoisotopic (exact) mass is 238 g/mol. The van der Waals surface area contributed by atoms with Gasteiger partial charge in [0.1, 0.15) is 5.82 Å². The number of rotatable bonds is 2. The minimum Gasteiger partial charge on any atom is -0.379 e. The molecule has 5 heteroatoms. The standard InChI is InChI=1S/C11H14N2O2S/c1-8-3-2-4-9(12-8)13-10(14)11(15)5-6-16-7-11/h2-4,15H,5-7H2,1H3,(H,12,13,14). The van der Waals surface area contributed by atoms with Gasteiger partial charge in [0.15, 0.2) is 5.60 Å². The van der Waals surface area contributed by atoms with Gasteiger partial charge in [-0.05, 0) is 31.2 Å². The fourth-order valence-corrected chi connectivity index (χ4v) is 2.82.